The summed E-state index contributed by atoms with van der Waals surface area (Å²) >= 11 is 14.5. The zero-order valence-electron chi connectivity index (χ0n) is 11.0. The molecule has 112 valence electrons. The molecule has 2 rings (SSSR count). The second kappa shape index (κ2) is 6.77. The van der Waals surface area contributed by atoms with Crippen molar-refractivity contribution in [2.45, 2.75) is 11.0 Å². The highest BCUT2D eigenvalue weighted by Gasteiger charge is 2.31. The second-order valence-electron chi connectivity index (χ2n) is 4.51. The summed E-state index contributed by atoms with van der Waals surface area (Å²) in [5, 5.41) is 3.55. The van der Waals surface area contributed by atoms with Gasteiger partial charge in [-0.2, -0.15) is 0 Å². The van der Waals surface area contributed by atoms with Gasteiger partial charge in [-0.25, -0.2) is 4.39 Å². The molecule has 7 heteroatoms. The number of hydrogen-bond donors (Lipinski definition) is 2. The van der Waals surface area contributed by atoms with Crippen molar-refractivity contribution in [3.63, 3.8) is 0 Å². The number of benzene rings is 1. The van der Waals surface area contributed by atoms with Crippen LogP contribution in [0.2, 0.25) is 5.02 Å². The Balaban J connectivity index is 2.12. The number of alkyl halides is 1. The number of hydrogen-bond acceptors (Lipinski definition) is 2. The molecule has 0 spiro atoms. The first-order valence-corrected chi connectivity index (χ1v) is 7.82. The highest BCUT2D eigenvalue weighted by molar-refractivity contribution is 9.10. The van der Waals surface area contributed by atoms with Crippen LogP contribution in [0.15, 0.2) is 42.6 Å². The smallest absolute Gasteiger partial charge is 0.189 e. The number of rotatable bonds is 4. The summed E-state index contributed by atoms with van der Waals surface area (Å²) in [6.45, 7) is 0.530. The normalized spacial score (nSPS) is 20.6. The van der Waals surface area contributed by atoms with E-state index in [9.17, 15) is 4.39 Å². The van der Waals surface area contributed by atoms with Gasteiger partial charge in [0.1, 0.15) is 5.82 Å². The van der Waals surface area contributed by atoms with Crippen molar-refractivity contribution in [3.8, 4) is 0 Å². The lowest BCUT2D eigenvalue weighted by Crippen LogP contribution is -2.55. The molecule has 1 unspecified atom stereocenters. The standard InChI is InChI=1S/C14H14BrClFN3S/c15-14(19-13(18)21)7-1-2-8-20(14)9-6-10-11(16)4-3-5-12(10)17/h1-5,7-8H,6,9H2,(H3,18,19,21). The minimum atomic E-state index is -0.717. The lowest BCUT2D eigenvalue weighted by molar-refractivity contribution is 0.277. The van der Waals surface area contributed by atoms with Gasteiger partial charge in [0.15, 0.2) is 9.68 Å². The highest BCUT2D eigenvalue weighted by atomic mass is 79.9. The van der Waals surface area contributed by atoms with Crippen molar-refractivity contribution in [3.05, 3.63) is 59.0 Å². The number of nitrogens with two attached hydrogens (primary N) is 1. The number of halogens is 3. The lowest BCUT2D eigenvalue weighted by atomic mass is 10.1. The van der Waals surface area contributed by atoms with E-state index in [1.807, 2.05) is 29.3 Å². The Bertz CT molecular complexity index is 588. The van der Waals surface area contributed by atoms with Crippen molar-refractivity contribution in [2.75, 3.05) is 6.54 Å². The van der Waals surface area contributed by atoms with E-state index < -0.39 is 4.57 Å². The molecule has 1 aliphatic rings. The van der Waals surface area contributed by atoms with Crippen LogP contribution in [0.4, 0.5) is 4.39 Å². The molecule has 1 aromatic rings. The lowest BCUT2D eigenvalue weighted by Gasteiger charge is -2.39. The maximum Gasteiger partial charge on any atom is 0.189 e. The molecule has 0 saturated heterocycles. The van der Waals surface area contributed by atoms with Gasteiger partial charge in [0, 0.05) is 23.3 Å². The third-order valence-corrected chi connectivity index (χ3v) is 4.45. The average molecular weight is 391 g/mol. The summed E-state index contributed by atoms with van der Waals surface area (Å²) in [5.74, 6) is -0.304. The molecule has 0 radical (unpaired) electrons. The van der Waals surface area contributed by atoms with E-state index in [2.05, 4.69) is 21.2 Å². The zero-order valence-corrected chi connectivity index (χ0v) is 14.2. The number of nitrogens with zero attached hydrogens (tertiary/aromatic N) is 1. The Labute approximate surface area is 141 Å². The summed E-state index contributed by atoms with van der Waals surface area (Å²) in [6, 6.07) is 4.68. The predicted octanol–water partition coefficient (Wildman–Crippen LogP) is 3.29. The van der Waals surface area contributed by atoms with Crippen LogP contribution in [0.3, 0.4) is 0 Å². The fourth-order valence-corrected chi connectivity index (χ4v) is 3.27. The van der Waals surface area contributed by atoms with Gasteiger partial charge in [0.05, 0.1) is 0 Å². The van der Waals surface area contributed by atoms with Crippen LogP contribution in [0, 0.1) is 5.82 Å². The topological polar surface area (TPSA) is 41.3 Å². The summed E-state index contributed by atoms with van der Waals surface area (Å²) in [4.78, 5) is 1.93. The maximum atomic E-state index is 13.8. The molecular weight excluding hydrogens is 377 g/mol. The first-order chi connectivity index (χ1) is 9.92. The van der Waals surface area contributed by atoms with Gasteiger partial charge in [-0.05, 0) is 58.9 Å². The highest BCUT2D eigenvalue weighted by Crippen LogP contribution is 2.27. The molecule has 1 heterocycles. The van der Waals surface area contributed by atoms with E-state index in [0.29, 0.717) is 23.6 Å². The molecule has 0 fully saturated rings. The number of nitrogens with one attached hydrogen (secondary N) is 1. The van der Waals surface area contributed by atoms with E-state index in [-0.39, 0.29) is 10.9 Å². The fourth-order valence-electron chi connectivity index (χ4n) is 2.07. The van der Waals surface area contributed by atoms with E-state index in [1.165, 1.54) is 6.07 Å². The molecule has 21 heavy (non-hydrogen) atoms. The van der Waals surface area contributed by atoms with Gasteiger partial charge in [-0.15, -0.1) is 0 Å². The van der Waals surface area contributed by atoms with E-state index in [0.717, 1.165) is 0 Å². The molecule has 0 aromatic heterocycles. The van der Waals surface area contributed by atoms with Gasteiger partial charge in [0.2, 0.25) is 0 Å². The van der Waals surface area contributed by atoms with Crippen LogP contribution in [-0.4, -0.2) is 21.1 Å². The molecule has 1 atom stereocenters. The van der Waals surface area contributed by atoms with E-state index in [4.69, 9.17) is 29.6 Å². The minimum absolute atomic E-state index is 0.167. The Morgan fingerprint density at radius 3 is 2.90 bits per heavy atom. The van der Waals surface area contributed by atoms with Crippen LogP contribution in [0.1, 0.15) is 5.56 Å². The largest absolute Gasteiger partial charge is 0.376 e. The molecule has 0 saturated carbocycles. The molecule has 3 nitrogen and oxygen atoms in total. The maximum absolute atomic E-state index is 13.8. The quantitative estimate of drug-likeness (QED) is 0.470. The third kappa shape index (κ3) is 3.96. The molecule has 0 amide bonds. The van der Waals surface area contributed by atoms with Gasteiger partial charge in [-0.3, -0.25) is 0 Å². The molecule has 0 aliphatic carbocycles. The summed E-state index contributed by atoms with van der Waals surface area (Å²) in [5.41, 5.74) is 6.04. The minimum Gasteiger partial charge on any atom is -0.376 e. The third-order valence-electron chi connectivity index (χ3n) is 3.08. The van der Waals surface area contributed by atoms with Crippen LogP contribution in [0.5, 0.6) is 0 Å². The number of thiocarbonyl (C=S) groups is 1. The molecule has 1 aromatic carbocycles. The van der Waals surface area contributed by atoms with Crippen molar-refractivity contribution >= 4 is 44.9 Å². The first-order valence-electron chi connectivity index (χ1n) is 6.24. The first kappa shape index (κ1) is 16.3. The summed E-state index contributed by atoms with van der Waals surface area (Å²) < 4.78 is 13.1. The summed E-state index contributed by atoms with van der Waals surface area (Å²) in [6.07, 6.45) is 7.94. The van der Waals surface area contributed by atoms with Gasteiger partial charge in [-0.1, -0.05) is 23.7 Å². The van der Waals surface area contributed by atoms with Crippen LogP contribution >= 0.6 is 39.7 Å². The Kier molecular flexibility index (Phi) is 5.24. The molecule has 0 bridgehead atoms. The fraction of sp³-hybridized carbons (Fsp3) is 0.214. The van der Waals surface area contributed by atoms with Crippen LogP contribution in [0.25, 0.3) is 0 Å². The second-order valence-corrected chi connectivity index (χ2v) is 6.56. The van der Waals surface area contributed by atoms with E-state index in [1.54, 1.807) is 12.1 Å². The van der Waals surface area contributed by atoms with Gasteiger partial charge >= 0.3 is 0 Å². The molecule has 1 aliphatic heterocycles. The van der Waals surface area contributed by atoms with Crippen molar-refractivity contribution < 1.29 is 4.39 Å². The summed E-state index contributed by atoms with van der Waals surface area (Å²) in [7, 11) is 0. The Hall–Kier alpha value is -1.11. The Morgan fingerprint density at radius 2 is 2.24 bits per heavy atom. The van der Waals surface area contributed by atoms with Gasteiger partial charge < -0.3 is 16.0 Å². The average Bonchev–Trinajstić information content (AvgIpc) is 2.39. The van der Waals surface area contributed by atoms with E-state index >= 15 is 0 Å². The SMILES string of the molecule is NC(=S)NC1(Br)C=CC=CN1CCc1c(F)cccc1Cl. The Morgan fingerprint density at radius 1 is 1.48 bits per heavy atom. The monoisotopic (exact) mass is 389 g/mol. The van der Waals surface area contributed by atoms with Crippen molar-refractivity contribution in [2.24, 2.45) is 5.73 Å². The van der Waals surface area contributed by atoms with Crippen molar-refractivity contribution in [1.82, 2.24) is 10.2 Å². The van der Waals surface area contributed by atoms with Crippen LogP contribution in [-0.2, 0) is 6.42 Å². The molecular formula is C14H14BrClFN3S. The van der Waals surface area contributed by atoms with Crippen molar-refractivity contribution in [1.29, 1.82) is 0 Å². The van der Waals surface area contributed by atoms with Crippen LogP contribution < -0.4 is 11.1 Å². The van der Waals surface area contributed by atoms with Gasteiger partial charge in [0.25, 0.3) is 0 Å². The molecule has 3 N–H and O–H groups in total. The predicted molar refractivity (Wildman–Crippen MR) is 91.7 cm³/mol. The zero-order chi connectivity index (χ0) is 15.5. The number of allylic oxidation sites excluding steroid dienone is 2.